The third-order valence-electron chi connectivity index (χ3n) is 4.61. The molecule has 3 aromatic rings. The van der Waals surface area contributed by atoms with Gasteiger partial charge in [0, 0.05) is 31.2 Å². The molecule has 1 fully saturated rings. The van der Waals surface area contributed by atoms with Crippen molar-refractivity contribution in [2.24, 2.45) is 0 Å². The standard InChI is InChI=1S/C20H22N4/c1-2-7-17-16(6-1)9-10-19(23-17)20(18-8-3-4-12-22-18)24-14-5-11-21-13-15-24/h1-4,6-10,12,20-21H,5,11,13-15H2. The first-order chi connectivity index (χ1) is 11.9. The maximum atomic E-state index is 4.96. The third kappa shape index (κ3) is 3.16. The highest BCUT2D eigenvalue weighted by Gasteiger charge is 2.25. The van der Waals surface area contributed by atoms with E-state index >= 15 is 0 Å². The number of hydrogen-bond donors (Lipinski definition) is 1. The third-order valence-corrected chi connectivity index (χ3v) is 4.61. The highest BCUT2D eigenvalue weighted by atomic mass is 15.2. The first-order valence-corrected chi connectivity index (χ1v) is 8.63. The lowest BCUT2D eigenvalue weighted by Gasteiger charge is -2.29. The zero-order valence-corrected chi connectivity index (χ0v) is 13.7. The lowest BCUT2D eigenvalue weighted by Crippen LogP contribution is -2.34. The van der Waals surface area contributed by atoms with Gasteiger partial charge in [-0.3, -0.25) is 14.9 Å². The van der Waals surface area contributed by atoms with E-state index in [1.54, 1.807) is 0 Å². The Morgan fingerprint density at radius 3 is 2.71 bits per heavy atom. The van der Waals surface area contributed by atoms with Gasteiger partial charge in [0.1, 0.15) is 0 Å². The molecule has 1 unspecified atom stereocenters. The largest absolute Gasteiger partial charge is 0.315 e. The summed E-state index contributed by atoms with van der Waals surface area (Å²) in [4.78, 5) is 12.1. The number of hydrogen-bond acceptors (Lipinski definition) is 4. The minimum Gasteiger partial charge on any atom is -0.315 e. The molecule has 24 heavy (non-hydrogen) atoms. The Bertz CT molecular complexity index is 795. The molecule has 4 heteroatoms. The molecule has 1 atom stereocenters. The summed E-state index contributed by atoms with van der Waals surface area (Å²) >= 11 is 0. The molecule has 1 aromatic carbocycles. The maximum Gasteiger partial charge on any atom is 0.0950 e. The van der Waals surface area contributed by atoms with Crippen LogP contribution < -0.4 is 5.32 Å². The number of benzene rings is 1. The van der Waals surface area contributed by atoms with Gasteiger partial charge in [-0.2, -0.15) is 0 Å². The van der Waals surface area contributed by atoms with Crippen molar-refractivity contribution in [3.05, 3.63) is 72.2 Å². The molecule has 0 bridgehead atoms. The zero-order chi connectivity index (χ0) is 16.2. The Kier molecular flexibility index (Phi) is 4.49. The fraction of sp³-hybridized carbons (Fsp3) is 0.300. The fourth-order valence-electron chi connectivity index (χ4n) is 3.42. The number of fused-ring (bicyclic) bond motifs is 1. The van der Waals surface area contributed by atoms with Crippen molar-refractivity contribution in [2.45, 2.75) is 12.5 Å². The van der Waals surface area contributed by atoms with Crippen LogP contribution in [-0.4, -0.2) is 41.0 Å². The molecule has 0 aliphatic carbocycles. The van der Waals surface area contributed by atoms with Crippen LogP contribution in [0.1, 0.15) is 23.9 Å². The van der Waals surface area contributed by atoms with Gasteiger partial charge in [0.2, 0.25) is 0 Å². The van der Waals surface area contributed by atoms with E-state index in [9.17, 15) is 0 Å². The summed E-state index contributed by atoms with van der Waals surface area (Å²) < 4.78 is 0. The molecule has 1 aliphatic heterocycles. The van der Waals surface area contributed by atoms with Crippen molar-refractivity contribution >= 4 is 10.9 Å². The molecular formula is C20H22N4. The Morgan fingerprint density at radius 2 is 1.79 bits per heavy atom. The summed E-state index contributed by atoms with van der Waals surface area (Å²) in [6.45, 7) is 4.16. The van der Waals surface area contributed by atoms with Gasteiger partial charge in [-0.1, -0.05) is 30.3 Å². The summed E-state index contributed by atoms with van der Waals surface area (Å²) in [5.74, 6) is 0. The van der Waals surface area contributed by atoms with Gasteiger partial charge < -0.3 is 5.32 Å². The van der Waals surface area contributed by atoms with Crippen LogP contribution in [-0.2, 0) is 0 Å². The normalized spacial score (nSPS) is 17.5. The number of nitrogens with zero attached hydrogens (tertiary/aromatic N) is 3. The lowest BCUT2D eigenvalue weighted by atomic mass is 10.0. The van der Waals surface area contributed by atoms with Gasteiger partial charge in [-0.05, 0) is 37.2 Å². The highest BCUT2D eigenvalue weighted by molar-refractivity contribution is 5.78. The van der Waals surface area contributed by atoms with Crippen LogP contribution in [0.15, 0.2) is 60.8 Å². The van der Waals surface area contributed by atoms with Crippen LogP contribution in [0.3, 0.4) is 0 Å². The van der Waals surface area contributed by atoms with E-state index in [2.05, 4.69) is 57.7 Å². The molecule has 2 aromatic heterocycles. The Balaban J connectivity index is 1.78. The van der Waals surface area contributed by atoms with E-state index in [-0.39, 0.29) is 6.04 Å². The summed E-state index contributed by atoms with van der Waals surface area (Å²) in [6, 6.07) is 18.9. The Morgan fingerprint density at radius 1 is 0.875 bits per heavy atom. The second-order valence-corrected chi connectivity index (χ2v) is 6.23. The second-order valence-electron chi connectivity index (χ2n) is 6.23. The molecular weight excluding hydrogens is 296 g/mol. The number of aromatic nitrogens is 2. The highest BCUT2D eigenvalue weighted by Crippen LogP contribution is 2.27. The number of pyridine rings is 2. The second kappa shape index (κ2) is 7.07. The van der Waals surface area contributed by atoms with Crippen LogP contribution in [0.25, 0.3) is 10.9 Å². The average Bonchev–Trinajstić information content (AvgIpc) is 2.92. The zero-order valence-electron chi connectivity index (χ0n) is 13.7. The number of nitrogens with one attached hydrogen (secondary N) is 1. The number of para-hydroxylation sites is 1. The topological polar surface area (TPSA) is 41.1 Å². The van der Waals surface area contributed by atoms with Gasteiger partial charge in [0.15, 0.2) is 0 Å². The first-order valence-electron chi connectivity index (χ1n) is 8.63. The molecule has 1 N–H and O–H groups in total. The lowest BCUT2D eigenvalue weighted by molar-refractivity contribution is 0.234. The van der Waals surface area contributed by atoms with Gasteiger partial charge in [-0.25, -0.2) is 0 Å². The van der Waals surface area contributed by atoms with Crippen LogP contribution in [0, 0.1) is 0 Å². The van der Waals surface area contributed by atoms with Gasteiger partial charge >= 0.3 is 0 Å². The average molecular weight is 318 g/mol. The molecule has 4 rings (SSSR count). The smallest absolute Gasteiger partial charge is 0.0950 e. The van der Waals surface area contributed by atoms with Gasteiger partial charge in [0.25, 0.3) is 0 Å². The Labute approximate surface area is 142 Å². The van der Waals surface area contributed by atoms with Gasteiger partial charge in [0.05, 0.1) is 22.9 Å². The first kappa shape index (κ1) is 15.2. The quantitative estimate of drug-likeness (QED) is 0.806. The van der Waals surface area contributed by atoms with Crippen LogP contribution in [0.5, 0.6) is 0 Å². The maximum absolute atomic E-state index is 4.96. The van der Waals surface area contributed by atoms with E-state index in [0.29, 0.717) is 0 Å². The monoisotopic (exact) mass is 318 g/mol. The van der Waals surface area contributed by atoms with E-state index in [1.807, 2.05) is 18.3 Å². The minimum atomic E-state index is 0.107. The van der Waals surface area contributed by atoms with E-state index in [4.69, 9.17) is 4.98 Å². The number of rotatable bonds is 3. The predicted molar refractivity (Wildman–Crippen MR) is 96.9 cm³/mol. The molecule has 122 valence electrons. The van der Waals surface area contributed by atoms with Crippen molar-refractivity contribution in [1.82, 2.24) is 20.2 Å². The molecule has 0 spiro atoms. The van der Waals surface area contributed by atoms with Crippen LogP contribution in [0.4, 0.5) is 0 Å². The van der Waals surface area contributed by atoms with E-state index in [0.717, 1.165) is 49.5 Å². The molecule has 0 saturated carbocycles. The van der Waals surface area contributed by atoms with E-state index in [1.165, 1.54) is 5.39 Å². The summed E-state index contributed by atoms with van der Waals surface area (Å²) in [5.41, 5.74) is 3.19. The summed E-state index contributed by atoms with van der Waals surface area (Å²) in [6.07, 6.45) is 3.02. The van der Waals surface area contributed by atoms with Crippen LogP contribution >= 0.6 is 0 Å². The summed E-state index contributed by atoms with van der Waals surface area (Å²) in [5, 5.41) is 4.66. The van der Waals surface area contributed by atoms with Crippen molar-refractivity contribution in [3.63, 3.8) is 0 Å². The molecule has 1 saturated heterocycles. The molecule has 0 radical (unpaired) electrons. The van der Waals surface area contributed by atoms with Crippen molar-refractivity contribution < 1.29 is 0 Å². The summed E-state index contributed by atoms with van der Waals surface area (Å²) in [7, 11) is 0. The van der Waals surface area contributed by atoms with Crippen molar-refractivity contribution in [1.29, 1.82) is 0 Å². The molecule has 0 amide bonds. The molecule has 1 aliphatic rings. The van der Waals surface area contributed by atoms with Crippen LogP contribution in [0.2, 0.25) is 0 Å². The predicted octanol–water partition coefficient (Wildman–Crippen LogP) is 3.01. The van der Waals surface area contributed by atoms with Crippen molar-refractivity contribution in [2.75, 3.05) is 26.2 Å². The minimum absolute atomic E-state index is 0.107. The fourth-order valence-corrected chi connectivity index (χ4v) is 3.42. The Hall–Kier alpha value is -2.30. The molecule has 4 nitrogen and oxygen atoms in total. The van der Waals surface area contributed by atoms with E-state index < -0.39 is 0 Å². The molecule has 3 heterocycles. The van der Waals surface area contributed by atoms with Crippen molar-refractivity contribution in [3.8, 4) is 0 Å². The SMILES string of the molecule is c1ccc(C(c2ccc3ccccc3n2)N2CCCNCC2)nc1. The van der Waals surface area contributed by atoms with Gasteiger partial charge in [-0.15, -0.1) is 0 Å².